The van der Waals surface area contributed by atoms with E-state index >= 15 is 0 Å². The molecule has 0 aliphatic carbocycles. The van der Waals surface area contributed by atoms with Gasteiger partial charge in [0.15, 0.2) is 0 Å². The Kier molecular flexibility index (Phi) is 3.79. The van der Waals surface area contributed by atoms with Gasteiger partial charge >= 0.3 is 0 Å². The van der Waals surface area contributed by atoms with E-state index in [4.69, 9.17) is 5.73 Å². The summed E-state index contributed by atoms with van der Waals surface area (Å²) >= 11 is 0. The van der Waals surface area contributed by atoms with Crippen molar-refractivity contribution in [1.29, 1.82) is 0 Å². The van der Waals surface area contributed by atoms with Crippen molar-refractivity contribution in [3.05, 3.63) is 0 Å². The van der Waals surface area contributed by atoms with Crippen molar-refractivity contribution in [2.45, 2.75) is 0 Å². The standard InChI is InChI=1S/C2H7NO2/c1-4-5-2-3/h2-3H2,1H3. The van der Waals surface area contributed by atoms with E-state index < -0.39 is 0 Å². The zero-order valence-corrected chi connectivity index (χ0v) is 3.10. The molecule has 0 aliphatic rings. The van der Waals surface area contributed by atoms with E-state index in [0.717, 1.165) is 0 Å². The van der Waals surface area contributed by atoms with Gasteiger partial charge in [-0.3, -0.25) is 0 Å². The summed E-state index contributed by atoms with van der Waals surface area (Å²) in [6, 6.07) is 0. The lowest BCUT2D eigenvalue weighted by atomic mass is 11.4. The number of hydrogen-bond acceptors (Lipinski definition) is 3. The quantitative estimate of drug-likeness (QED) is 0.274. The van der Waals surface area contributed by atoms with E-state index in [-0.39, 0.29) is 6.73 Å². The van der Waals surface area contributed by atoms with Gasteiger partial charge in [0.2, 0.25) is 0 Å². The summed E-state index contributed by atoms with van der Waals surface area (Å²) < 4.78 is 0. The van der Waals surface area contributed by atoms with Crippen LogP contribution in [0.4, 0.5) is 0 Å². The van der Waals surface area contributed by atoms with Crippen molar-refractivity contribution in [3.63, 3.8) is 0 Å². The van der Waals surface area contributed by atoms with Gasteiger partial charge in [-0.1, -0.05) is 0 Å². The highest BCUT2D eigenvalue weighted by atomic mass is 17.2. The van der Waals surface area contributed by atoms with E-state index in [1.54, 1.807) is 0 Å². The minimum absolute atomic E-state index is 0.122. The molecule has 5 heavy (non-hydrogen) atoms. The SMILES string of the molecule is COOCN. The molecule has 0 fully saturated rings. The fourth-order valence-electron chi connectivity index (χ4n) is 0.0680. The minimum atomic E-state index is 0.122. The van der Waals surface area contributed by atoms with E-state index in [9.17, 15) is 0 Å². The maximum absolute atomic E-state index is 4.79. The molecule has 0 rings (SSSR count). The van der Waals surface area contributed by atoms with Gasteiger partial charge in [0.05, 0.1) is 7.11 Å². The van der Waals surface area contributed by atoms with Gasteiger partial charge in [0.25, 0.3) is 0 Å². The normalized spacial score (nSPS) is 8.40. The summed E-state index contributed by atoms with van der Waals surface area (Å²) in [6.07, 6.45) is 0. The zero-order valence-electron chi connectivity index (χ0n) is 3.10. The molecule has 0 atom stereocenters. The molecule has 2 N–H and O–H groups in total. The first-order valence-electron chi connectivity index (χ1n) is 1.27. The largest absolute Gasteiger partial charge is 0.306 e. The average molecular weight is 77.1 g/mol. The van der Waals surface area contributed by atoms with Crippen molar-refractivity contribution in [3.8, 4) is 0 Å². The van der Waals surface area contributed by atoms with Crippen LogP contribution in [0, 0.1) is 0 Å². The molecule has 0 saturated carbocycles. The third-order valence-corrected chi connectivity index (χ3v) is 0.186. The summed E-state index contributed by atoms with van der Waals surface area (Å²) in [6.45, 7) is 0.122. The van der Waals surface area contributed by atoms with Crippen LogP contribution < -0.4 is 5.73 Å². The van der Waals surface area contributed by atoms with E-state index in [0.29, 0.717) is 0 Å². The fourth-order valence-corrected chi connectivity index (χ4v) is 0.0680. The highest BCUT2D eigenvalue weighted by Crippen LogP contribution is 1.58. The zero-order chi connectivity index (χ0) is 4.12. The molecule has 0 aromatic heterocycles. The van der Waals surface area contributed by atoms with Gasteiger partial charge in [-0.25, -0.2) is 9.78 Å². The minimum Gasteiger partial charge on any atom is -0.306 e. The van der Waals surface area contributed by atoms with Crippen LogP contribution in [0.15, 0.2) is 0 Å². The molecule has 0 radical (unpaired) electrons. The van der Waals surface area contributed by atoms with Crippen LogP contribution >= 0.6 is 0 Å². The second-order valence-electron chi connectivity index (χ2n) is 0.451. The van der Waals surface area contributed by atoms with Crippen LogP contribution in [-0.2, 0) is 9.78 Å². The Bertz CT molecular complexity index is 15.1. The van der Waals surface area contributed by atoms with Crippen molar-refractivity contribution in [2.24, 2.45) is 5.73 Å². The molecule has 32 valence electrons. The first-order valence-corrected chi connectivity index (χ1v) is 1.27. The second kappa shape index (κ2) is 3.88. The Morgan fingerprint density at radius 3 is 2.40 bits per heavy atom. The van der Waals surface area contributed by atoms with Crippen molar-refractivity contribution >= 4 is 0 Å². The van der Waals surface area contributed by atoms with Crippen LogP contribution in [0.1, 0.15) is 0 Å². The Labute approximate surface area is 30.6 Å². The van der Waals surface area contributed by atoms with E-state index in [1.165, 1.54) is 7.11 Å². The highest BCUT2D eigenvalue weighted by molar-refractivity contribution is 3.84. The lowest BCUT2D eigenvalue weighted by Crippen LogP contribution is -2.02. The molecule has 3 nitrogen and oxygen atoms in total. The van der Waals surface area contributed by atoms with Gasteiger partial charge in [0.1, 0.15) is 6.73 Å². The molecule has 0 unspecified atom stereocenters. The van der Waals surface area contributed by atoms with E-state index in [2.05, 4.69) is 9.78 Å². The first kappa shape index (κ1) is 4.88. The summed E-state index contributed by atoms with van der Waals surface area (Å²) in [5, 5.41) is 0. The highest BCUT2D eigenvalue weighted by Gasteiger charge is 1.63. The number of rotatable bonds is 2. The topological polar surface area (TPSA) is 44.5 Å². The Hall–Kier alpha value is -0.120. The molecule has 0 saturated heterocycles. The van der Waals surface area contributed by atoms with Crippen molar-refractivity contribution in [1.82, 2.24) is 0 Å². The van der Waals surface area contributed by atoms with Crippen molar-refractivity contribution < 1.29 is 9.78 Å². The Morgan fingerprint density at radius 2 is 2.40 bits per heavy atom. The summed E-state index contributed by atoms with van der Waals surface area (Å²) in [5.74, 6) is 0. The van der Waals surface area contributed by atoms with Crippen LogP contribution in [0.5, 0.6) is 0 Å². The Morgan fingerprint density at radius 1 is 1.80 bits per heavy atom. The fraction of sp³-hybridized carbons (Fsp3) is 1.00. The monoisotopic (exact) mass is 77.0 g/mol. The molecular weight excluding hydrogens is 70.0 g/mol. The summed E-state index contributed by atoms with van der Waals surface area (Å²) in [7, 11) is 1.41. The van der Waals surface area contributed by atoms with Crippen LogP contribution in [0.25, 0.3) is 0 Å². The second-order valence-corrected chi connectivity index (χ2v) is 0.451. The van der Waals surface area contributed by atoms with Gasteiger partial charge in [0, 0.05) is 0 Å². The van der Waals surface area contributed by atoms with Crippen molar-refractivity contribution in [2.75, 3.05) is 13.8 Å². The third-order valence-electron chi connectivity index (χ3n) is 0.186. The molecular formula is C2H7NO2. The van der Waals surface area contributed by atoms with Crippen LogP contribution in [0.2, 0.25) is 0 Å². The van der Waals surface area contributed by atoms with Gasteiger partial charge in [-0.05, 0) is 0 Å². The van der Waals surface area contributed by atoms with Gasteiger partial charge in [-0.2, -0.15) is 0 Å². The molecule has 0 aromatic carbocycles. The average Bonchev–Trinajstić information content (AvgIpc) is 1.41. The van der Waals surface area contributed by atoms with Crippen LogP contribution in [-0.4, -0.2) is 13.8 Å². The first-order chi connectivity index (χ1) is 2.41. The Balaban J connectivity index is 2.19. The van der Waals surface area contributed by atoms with E-state index in [1.807, 2.05) is 0 Å². The molecule has 0 aliphatic heterocycles. The lowest BCUT2D eigenvalue weighted by molar-refractivity contribution is -0.270. The van der Waals surface area contributed by atoms with Gasteiger partial charge in [-0.15, -0.1) is 0 Å². The van der Waals surface area contributed by atoms with Crippen LogP contribution in [0.3, 0.4) is 0 Å². The molecule has 0 amide bonds. The third kappa shape index (κ3) is 3.88. The number of nitrogens with two attached hydrogens (primary N) is 1. The molecule has 0 aromatic rings. The number of hydrogen-bond donors (Lipinski definition) is 1. The maximum Gasteiger partial charge on any atom is 0.130 e. The maximum atomic E-state index is 4.79. The predicted molar refractivity (Wildman–Crippen MR) is 17.1 cm³/mol. The molecule has 0 bridgehead atoms. The van der Waals surface area contributed by atoms with Gasteiger partial charge < -0.3 is 5.73 Å². The molecule has 0 heterocycles. The summed E-state index contributed by atoms with van der Waals surface area (Å²) in [5.41, 5.74) is 4.79. The molecule has 0 spiro atoms. The predicted octanol–water partition coefficient (Wildman–Crippen LogP) is -0.519. The smallest absolute Gasteiger partial charge is 0.130 e. The lowest BCUT2D eigenvalue weighted by Gasteiger charge is -1.86. The molecule has 3 heteroatoms. The summed E-state index contributed by atoms with van der Waals surface area (Å²) in [4.78, 5) is 8.18.